The Morgan fingerprint density at radius 1 is 1.59 bits per heavy atom. The molecule has 92 valence electrons. The van der Waals surface area contributed by atoms with Crippen LogP contribution in [0, 0.1) is 0 Å². The van der Waals surface area contributed by atoms with Gasteiger partial charge in [-0.1, -0.05) is 15.9 Å². The molecule has 0 bridgehead atoms. The number of likely N-dealkylation sites (tertiary alicyclic amines) is 1. The average Bonchev–Trinajstić information content (AvgIpc) is 2.25. The number of aliphatic hydroxyl groups is 1. The number of carbonyl (C=O) groups excluding carboxylic acids is 1. The highest BCUT2D eigenvalue weighted by Crippen LogP contribution is 2.24. The monoisotopic (exact) mass is 299 g/mol. The lowest BCUT2D eigenvalue weighted by atomic mass is 10.1. The van der Waals surface area contributed by atoms with E-state index in [-0.39, 0.29) is 12.0 Å². The molecule has 0 unspecified atom stereocenters. The third-order valence-electron chi connectivity index (χ3n) is 2.80. The van der Waals surface area contributed by atoms with Gasteiger partial charge in [-0.2, -0.15) is 0 Å². The van der Waals surface area contributed by atoms with E-state index in [1.165, 1.54) is 0 Å². The average molecular weight is 300 g/mol. The summed E-state index contributed by atoms with van der Waals surface area (Å²) < 4.78 is 6.13. The van der Waals surface area contributed by atoms with Crippen LogP contribution in [0.4, 0.5) is 0 Å². The van der Waals surface area contributed by atoms with Crippen molar-refractivity contribution >= 4 is 21.8 Å². The summed E-state index contributed by atoms with van der Waals surface area (Å²) in [5.41, 5.74) is 0.855. The Kier molecular flexibility index (Phi) is 3.69. The summed E-state index contributed by atoms with van der Waals surface area (Å²) >= 11 is 3.37. The summed E-state index contributed by atoms with van der Waals surface area (Å²) in [4.78, 5) is 13.5. The van der Waals surface area contributed by atoms with Gasteiger partial charge in [-0.25, -0.2) is 0 Å². The number of aliphatic hydroxyl groups excluding tert-OH is 1. The van der Waals surface area contributed by atoms with Gasteiger partial charge in [0.05, 0.1) is 19.6 Å². The predicted octanol–water partition coefficient (Wildman–Crippen LogP) is 1.20. The van der Waals surface area contributed by atoms with Crippen LogP contribution in [0.2, 0.25) is 0 Å². The van der Waals surface area contributed by atoms with Crippen molar-refractivity contribution < 1.29 is 14.6 Å². The van der Waals surface area contributed by atoms with Gasteiger partial charge in [0.15, 0.2) is 0 Å². The second-order valence-corrected chi connectivity index (χ2v) is 5.00. The Morgan fingerprint density at radius 2 is 2.29 bits per heavy atom. The molecule has 1 saturated heterocycles. The van der Waals surface area contributed by atoms with Crippen LogP contribution in [-0.2, 0) is 11.2 Å². The van der Waals surface area contributed by atoms with Gasteiger partial charge in [-0.3, -0.25) is 4.79 Å². The SMILES string of the molecule is COc1ccc(Br)cc1CC(=O)N1CC(O)C1. The van der Waals surface area contributed by atoms with Crippen molar-refractivity contribution in [3.63, 3.8) is 0 Å². The van der Waals surface area contributed by atoms with Crippen LogP contribution in [0.3, 0.4) is 0 Å². The minimum absolute atomic E-state index is 0.0201. The van der Waals surface area contributed by atoms with Crippen LogP contribution in [0.25, 0.3) is 0 Å². The maximum absolute atomic E-state index is 11.9. The number of β-amino-alcohol motifs (C(OH)–C–C–N with tert-alkyl or cyclic N) is 1. The summed E-state index contributed by atoms with van der Waals surface area (Å²) in [5.74, 6) is 0.731. The zero-order valence-corrected chi connectivity index (χ0v) is 11.1. The van der Waals surface area contributed by atoms with Gasteiger partial charge in [0.25, 0.3) is 0 Å². The summed E-state index contributed by atoms with van der Waals surface area (Å²) in [6, 6.07) is 5.59. The molecule has 1 aliphatic heterocycles. The highest BCUT2D eigenvalue weighted by atomic mass is 79.9. The van der Waals surface area contributed by atoms with Gasteiger partial charge in [-0.05, 0) is 18.2 Å². The van der Waals surface area contributed by atoms with E-state index in [0.717, 1.165) is 10.0 Å². The first kappa shape index (κ1) is 12.4. The number of hydrogen-bond donors (Lipinski definition) is 1. The standard InChI is InChI=1S/C12H14BrNO3/c1-17-11-3-2-9(13)4-8(11)5-12(16)14-6-10(15)7-14/h2-4,10,15H,5-7H2,1H3. The molecule has 0 atom stereocenters. The summed E-state index contributed by atoms with van der Waals surface area (Å²) in [7, 11) is 1.59. The maximum Gasteiger partial charge on any atom is 0.227 e. The normalized spacial score (nSPS) is 15.6. The minimum Gasteiger partial charge on any atom is -0.496 e. The van der Waals surface area contributed by atoms with Crippen molar-refractivity contribution in [2.24, 2.45) is 0 Å². The maximum atomic E-state index is 11.9. The van der Waals surface area contributed by atoms with Gasteiger partial charge in [-0.15, -0.1) is 0 Å². The first-order valence-electron chi connectivity index (χ1n) is 5.38. The molecule has 1 aromatic carbocycles. The van der Waals surface area contributed by atoms with Gasteiger partial charge < -0.3 is 14.7 Å². The van der Waals surface area contributed by atoms with E-state index < -0.39 is 0 Å². The quantitative estimate of drug-likeness (QED) is 0.912. The van der Waals surface area contributed by atoms with Crippen molar-refractivity contribution in [2.75, 3.05) is 20.2 Å². The van der Waals surface area contributed by atoms with E-state index in [9.17, 15) is 4.79 Å². The lowest BCUT2D eigenvalue weighted by Crippen LogP contribution is -2.53. The lowest BCUT2D eigenvalue weighted by Gasteiger charge is -2.36. The highest BCUT2D eigenvalue weighted by Gasteiger charge is 2.28. The summed E-state index contributed by atoms with van der Waals surface area (Å²) in [6.07, 6.45) is -0.0571. The third kappa shape index (κ3) is 2.79. The fourth-order valence-electron chi connectivity index (χ4n) is 1.82. The Balaban J connectivity index is 2.07. The minimum atomic E-state index is -0.358. The molecule has 0 aliphatic carbocycles. The number of carbonyl (C=O) groups is 1. The second-order valence-electron chi connectivity index (χ2n) is 4.09. The largest absolute Gasteiger partial charge is 0.496 e. The van der Waals surface area contributed by atoms with E-state index in [1.54, 1.807) is 12.0 Å². The molecule has 0 radical (unpaired) electrons. The number of benzene rings is 1. The van der Waals surface area contributed by atoms with Crippen LogP contribution < -0.4 is 4.74 Å². The molecule has 1 aromatic rings. The molecule has 1 N–H and O–H groups in total. The van der Waals surface area contributed by atoms with E-state index in [0.29, 0.717) is 25.3 Å². The van der Waals surface area contributed by atoms with Crippen LogP contribution in [0.15, 0.2) is 22.7 Å². The van der Waals surface area contributed by atoms with E-state index in [2.05, 4.69) is 15.9 Å². The fraction of sp³-hybridized carbons (Fsp3) is 0.417. The molecular formula is C12H14BrNO3. The van der Waals surface area contributed by atoms with Crippen LogP contribution in [0.1, 0.15) is 5.56 Å². The van der Waals surface area contributed by atoms with Crippen molar-refractivity contribution in [3.8, 4) is 5.75 Å². The molecule has 5 heteroatoms. The highest BCUT2D eigenvalue weighted by molar-refractivity contribution is 9.10. The summed E-state index contributed by atoms with van der Waals surface area (Å²) in [5, 5.41) is 9.15. The first-order chi connectivity index (χ1) is 8.10. The second kappa shape index (κ2) is 5.06. The molecule has 2 rings (SSSR count). The molecule has 17 heavy (non-hydrogen) atoms. The van der Waals surface area contributed by atoms with Crippen molar-refractivity contribution in [3.05, 3.63) is 28.2 Å². The number of hydrogen-bond acceptors (Lipinski definition) is 3. The van der Waals surface area contributed by atoms with Crippen LogP contribution >= 0.6 is 15.9 Å². The molecule has 1 fully saturated rings. The fourth-order valence-corrected chi connectivity index (χ4v) is 2.23. The molecule has 0 saturated carbocycles. The van der Waals surface area contributed by atoms with Crippen LogP contribution in [-0.4, -0.2) is 42.2 Å². The summed E-state index contributed by atoms with van der Waals surface area (Å²) in [6.45, 7) is 0.879. The van der Waals surface area contributed by atoms with Gasteiger partial charge in [0, 0.05) is 23.1 Å². The van der Waals surface area contributed by atoms with Gasteiger partial charge >= 0.3 is 0 Å². The van der Waals surface area contributed by atoms with Crippen molar-refractivity contribution in [2.45, 2.75) is 12.5 Å². The Labute approximate surface area is 108 Å². The number of methoxy groups -OCH3 is 1. The van der Waals surface area contributed by atoms with Gasteiger partial charge in [0.1, 0.15) is 5.75 Å². The molecule has 1 heterocycles. The Bertz CT molecular complexity index is 430. The first-order valence-corrected chi connectivity index (χ1v) is 6.17. The topological polar surface area (TPSA) is 49.8 Å². The molecule has 1 aliphatic rings. The molecule has 0 aromatic heterocycles. The number of nitrogens with zero attached hydrogens (tertiary/aromatic N) is 1. The Hall–Kier alpha value is -1.07. The number of halogens is 1. The van der Waals surface area contributed by atoms with E-state index >= 15 is 0 Å². The van der Waals surface area contributed by atoms with Crippen LogP contribution in [0.5, 0.6) is 5.75 Å². The zero-order valence-electron chi connectivity index (χ0n) is 9.52. The molecular weight excluding hydrogens is 286 g/mol. The number of rotatable bonds is 3. The van der Waals surface area contributed by atoms with E-state index in [4.69, 9.17) is 9.84 Å². The lowest BCUT2D eigenvalue weighted by molar-refractivity contribution is -0.140. The molecule has 1 amide bonds. The zero-order chi connectivity index (χ0) is 12.4. The third-order valence-corrected chi connectivity index (χ3v) is 3.29. The number of ether oxygens (including phenoxy) is 1. The van der Waals surface area contributed by atoms with Gasteiger partial charge in [0.2, 0.25) is 5.91 Å². The number of amides is 1. The predicted molar refractivity (Wildman–Crippen MR) is 67.0 cm³/mol. The van der Waals surface area contributed by atoms with E-state index in [1.807, 2.05) is 18.2 Å². The van der Waals surface area contributed by atoms with Crippen molar-refractivity contribution in [1.82, 2.24) is 4.90 Å². The molecule has 4 nitrogen and oxygen atoms in total. The Morgan fingerprint density at radius 3 is 2.88 bits per heavy atom. The van der Waals surface area contributed by atoms with Crippen molar-refractivity contribution in [1.29, 1.82) is 0 Å². The smallest absolute Gasteiger partial charge is 0.227 e. The molecule has 0 spiro atoms.